The molecule has 1 aromatic heterocycles. The van der Waals surface area contributed by atoms with Gasteiger partial charge in [0.1, 0.15) is 0 Å². The second-order valence-electron chi connectivity index (χ2n) is 8.72. The second-order valence-corrected chi connectivity index (χ2v) is 9.80. The fraction of sp³-hybridized carbons (Fsp3) is 0.478. The first-order valence-corrected chi connectivity index (χ1v) is 12.1. The molecule has 168 valence electrons. The van der Waals surface area contributed by atoms with Crippen molar-refractivity contribution < 1.29 is 14.4 Å². The SMILES string of the molecule is O=C(Nc1nc2c(s1)CN(C(=O)C1CC(=O)N(c3ccccc3)C1)CC2)NC1CCCC1. The van der Waals surface area contributed by atoms with E-state index in [0.29, 0.717) is 31.2 Å². The normalized spacial score (nSPS) is 21.0. The fourth-order valence-corrected chi connectivity index (χ4v) is 5.83. The van der Waals surface area contributed by atoms with Gasteiger partial charge < -0.3 is 15.1 Å². The molecular formula is C23H27N5O3S. The van der Waals surface area contributed by atoms with Gasteiger partial charge in [-0.1, -0.05) is 42.4 Å². The van der Waals surface area contributed by atoms with Crippen LogP contribution in [0, 0.1) is 5.92 Å². The molecule has 2 fully saturated rings. The van der Waals surface area contributed by atoms with E-state index in [-0.39, 0.29) is 36.2 Å². The van der Waals surface area contributed by atoms with E-state index in [2.05, 4.69) is 15.6 Å². The van der Waals surface area contributed by atoms with Gasteiger partial charge in [0.25, 0.3) is 0 Å². The van der Waals surface area contributed by atoms with Crippen LogP contribution in [0.2, 0.25) is 0 Å². The highest BCUT2D eigenvalue weighted by molar-refractivity contribution is 7.15. The van der Waals surface area contributed by atoms with Crippen LogP contribution in [0.25, 0.3) is 0 Å². The zero-order valence-electron chi connectivity index (χ0n) is 17.9. The van der Waals surface area contributed by atoms with Gasteiger partial charge in [0.15, 0.2) is 5.13 Å². The van der Waals surface area contributed by atoms with Gasteiger partial charge in [-0.2, -0.15) is 0 Å². The summed E-state index contributed by atoms with van der Waals surface area (Å²) in [7, 11) is 0. The summed E-state index contributed by atoms with van der Waals surface area (Å²) in [6.07, 6.45) is 5.29. The lowest BCUT2D eigenvalue weighted by Gasteiger charge is -2.28. The van der Waals surface area contributed by atoms with Gasteiger partial charge in [0, 0.05) is 42.5 Å². The fourth-order valence-electron chi connectivity index (χ4n) is 4.81. The van der Waals surface area contributed by atoms with Gasteiger partial charge in [-0.25, -0.2) is 9.78 Å². The number of carbonyl (C=O) groups is 3. The number of fused-ring (bicyclic) bond motifs is 1. The van der Waals surface area contributed by atoms with Gasteiger partial charge in [-0.05, 0) is 25.0 Å². The number of nitrogens with one attached hydrogen (secondary N) is 2. The zero-order chi connectivity index (χ0) is 22.1. The number of carbonyl (C=O) groups excluding carboxylic acids is 3. The largest absolute Gasteiger partial charge is 0.337 e. The van der Waals surface area contributed by atoms with Crippen molar-refractivity contribution in [3.63, 3.8) is 0 Å². The molecule has 5 rings (SSSR count). The minimum atomic E-state index is -0.327. The molecule has 0 bridgehead atoms. The van der Waals surface area contributed by atoms with E-state index in [0.717, 1.165) is 41.9 Å². The van der Waals surface area contributed by atoms with Crippen LogP contribution in [0.3, 0.4) is 0 Å². The summed E-state index contributed by atoms with van der Waals surface area (Å²) < 4.78 is 0. The van der Waals surface area contributed by atoms with Crippen LogP contribution in [0.4, 0.5) is 15.6 Å². The minimum absolute atomic E-state index is 0.00944. The average Bonchev–Trinajstić information content (AvgIpc) is 3.53. The van der Waals surface area contributed by atoms with Crippen molar-refractivity contribution in [3.8, 4) is 0 Å². The molecule has 4 amide bonds. The standard InChI is InChI=1S/C23H27N5O3S/c29-20-12-15(13-28(20)17-8-2-1-3-9-17)21(30)27-11-10-18-19(14-27)32-23(25-18)26-22(31)24-16-6-4-5-7-16/h1-3,8-9,15-16H,4-7,10-14H2,(H2,24,25,26,31). The van der Waals surface area contributed by atoms with E-state index in [1.54, 1.807) is 4.90 Å². The van der Waals surface area contributed by atoms with Crippen LogP contribution in [0.5, 0.6) is 0 Å². The van der Waals surface area contributed by atoms with Gasteiger partial charge in [-0.3, -0.25) is 14.9 Å². The molecule has 1 saturated carbocycles. The van der Waals surface area contributed by atoms with Crippen molar-refractivity contribution >= 4 is 40.0 Å². The summed E-state index contributed by atoms with van der Waals surface area (Å²) in [5, 5.41) is 6.44. The van der Waals surface area contributed by atoms with Crippen molar-refractivity contribution in [3.05, 3.63) is 40.9 Å². The number of thiazole rings is 1. The summed E-state index contributed by atoms with van der Waals surface area (Å²) in [4.78, 5) is 47.0. The van der Waals surface area contributed by atoms with Crippen LogP contribution in [-0.4, -0.2) is 46.9 Å². The van der Waals surface area contributed by atoms with E-state index in [9.17, 15) is 14.4 Å². The van der Waals surface area contributed by atoms with E-state index in [4.69, 9.17) is 0 Å². The average molecular weight is 454 g/mol. The van der Waals surface area contributed by atoms with Crippen molar-refractivity contribution in [2.45, 2.75) is 51.1 Å². The number of nitrogens with zero attached hydrogens (tertiary/aromatic N) is 3. The third-order valence-corrected chi connectivity index (χ3v) is 7.49. The molecule has 2 N–H and O–H groups in total. The second kappa shape index (κ2) is 8.90. The van der Waals surface area contributed by atoms with Gasteiger partial charge in [0.2, 0.25) is 11.8 Å². The predicted molar refractivity (Wildman–Crippen MR) is 123 cm³/mol. The number of benzene rings is 1. The van der Waals surface area contributed by atoms with Crippen LogP contribution < -0.4 is 15.5 Å². The molecule has 3 aliphatic rings. The first-order chi connectivity index (χ1) is 15.6. The number of amides is 4. The topological polar surface area (TPSA) is 94.6 Å². The predicted octanol–water partition coefficient (Wildman–Crippen LogP) is 3.15. The minimum Gasteiger partial charge on any atom is -0.337 e. The summed E-state index contributed by atoms with van der Waals surface area (Å²) in [6, 6.07) is 9.54. The molecule has 1 aliphatic carbocycles. The van der Waals surface area contributed by atoms with Gasteiger partial charge >= 0.3 is 6.03 Å². The number of aromatic nitrogens is 1. The van der Waals surface area contributed by atoms with Gasteiger partial charge in [0.05, 0.1) is 18.2 Å². The van der Waals surface area contributed by atoms with Gasteiger partial charge in [-0.15, -0.1) is 0 Å². The van der Waals surface area contributed by atoms with E-state index in [1.807, 2.05) is 35.2 Å². The smallest absolute Gasteiger partial charge is 0.321 e. The highest BCUT2D eigenvalue weighted by Gasteiger charge is 2.38. The monoisotopic (exact) mass is 453 g/mol. The molecule has 2 aromatic rings. The Morgan fingerprint density at radius 3 is 2.69 bits per heavy atom. The molecule has 9 heteroatoms. The molecule has 0 radical (unpaired) electrons. The van der Waals surface area contributed by atoms with E-state index >= 15 is 0 Å². The molecular weight excluding hydrogens is 426 g/mol. The Kier molecular flexibility index (Phi) is 5.82. The molecule has 3 heterocycles. The molecule has 32 heavy (non-hydrogen) atoms. The van der Waals surface area contributed by atoms with Crippen LogP contribution in [0.15, 0.2) is 30.3 Å². The third-order valence-electron chi connectivity index (χ3n) is 6.50. The summed E-state index contributed by atoms with van der Waals surface area (Å²) in [5.41, 5.74) is 1.78. The molecule has 0 spiro atoms. The Balaban J connectivity index is 1.19. The Hall–Kier alpha value is -2.94. The molecule has 1 unspecified atom stereocenters. The number of rotatable bonds is 4. The lowest BCUT2D eigenvalue weighted by atomic mass is 10.1. The molecule has 8 nitrogen and oxygen atoms in total. The number of urea groups is 1. The Morgan fingerprint density at radius 2 is 1.91 bits per heavy atom. The van der Waals surface area contributed by atoms with Crippen LogP contribution >= 0.6 is 11.3 Å². The van der Waals surface area contributed by atoms with Crippen LogP contribution in [0.1, 0.15) is 42.7 Å². The maximum Gasteiger partial charge on any atom is 0.321 e. The molecule has 2 aliphatic heterocycles. The first kappa shape index (κ1) is 20.9. The quantitative estimate of drug-likeness (QED) is 0.744. The molecule has 1 saturated heterocycles. The lowest BCUT2D eigenvalue weighted by Crippen LogP contribution is -2.40. The van der Waals surface area contributed by atoms with E-state index in [1.165, 1.54) is 11.3 Å². The Labute approximate surface area is 191 Å². The number of hydrogen-bond donors (Lipinski definition) is 2. The Morgan fingerprint density at radius 1 is 1.12 bits per heavy atom. The highest BCUT2D eigenvalue weighted by atomic mass is 32.1. The van der Waals surface area contributed by atoms with Crippen molar-refractivity contribution in [2.75, 3.05) is 23.3 Å². The maximum atomic E-state index is 13.2. The highest BCUT2D eigenvalue weighted by Crippen LogP contribution is 2.31. The number of anilines is 2. The number of para-hydroxylation sites is 1. The van der Waals surface area contributed by atoms with Crippen molar-refractivity contribution in [1.82, 2.24) is 15.2 Å². The first-order valence-electron chi connectivity index (χ1n) is 11.3. The van der Waals surface area contributed by atoms with Crippen molar-refractivity contribution in [1.29, 1.82) is 0 Å². The number of hydrogen-bond acceptors (Lipinski definition) is 5. The lowest BCUT2D eigenvalue weighted by molar-refractivity contribution is -0.136. The van der Waals surface area contributed by atoms with Crippen molar-refractivity contribution in [2.24, 2.45) is 5.92 Å². The van der Waals surface area contributed by atoms with E-state index < -0.39 is 0 Å². The third kappa shape index (κ3) is 4.34. The summed E-state index contributed by atoms with van der Waals surface area (Å²) >= 11 is 1.43. The zero-order valence-corrected chi connectivity index (χ0v) is 18.7. The molecule has 1 atom stereocenters. The molecule has 1 aromatic carbocycles. The van der Waals surface area contributed by atoms with Crippen LogP contribution in [-0.2, 0) is 22.6 Å². The maximum absolute atomic E-state index is 13.2. The summed E-state index contributed by atoms with van der Waals surface area (Å²) in [6.45, 7) is 1.48. The Bertz CT molecular complexity index is 1020. The summed E-state index contributed by atoms with van der Waals surface area (Å²) in [5.74, 6) is -0.318.